The van der Waals surface area contributed by atoms with E-state index in [9.17, 15) is 0 Å². The Bertz CT molecular complexity index is 510. The van der Waals surface area contributed by atoms with Crippen LogP contribution in [0.25, 0.3) is 0 Å². The third-order valence-corrected chi connectivity index (χ3v) is 2.31. The summed E-state index contributed by atoms with van der Waals surface area (Å²) < 4.78 is 10.5. The van der Waals surface area contributed by atoms with Gasteiger partial charge >= 0.3 is 0 Å². The van der Waals surface area contributed by atoms with E-state index in [-0.39, 0.29) is 0 Å². The van der Waals surface area contributed by atoms with E-state index in [1.165, 1.54) is 6.33 Å². The summed E-state index contributed by atoms with van der Waals surface area (Å²) in [5.41, 5.74) is 0.860. The van der Waals surface area contributed by atoms with Crippen LogP contribution in [0.1, 0.15) is 17.2 Å². The maximum Gasteiger partial charge on any atom is 0.221 e. The molecule has 6 heteroatoms. The third-order valence-electron chi connectivity index (χ3n) is 2.31. The Hall–Kier alpha value is -2.11. The average molecular weight is 234 g/mol. The molecule has 0 aliphatic heterocycles. The minimum atomic E-state index is 0.481. The van der Waals surface area contributed by atoms with Crippen LogP contribution in [0.4, 0.5) is 5.82 Å². The van der Waals surface area contributed by atoms with Crippen molar-refractivity contribution in [3.05, 3.63) is 29.7 Å². The van der Waals surface area contributed by atoms with Crippen molar-refractivity contribution in [2.24, 2.45) is 0 Å². The van der Waals surface area contributed by atoms with Crippen LogP contribution < -0.4 is 10.1 Å². The number of nitrogens with zero attached hydrogens (tertiary/aromatic N) is 3. The van der Waals surface area contributed by atoms with Crippen molar-refractivity contribution in [2.75, 3.05) is 12.4 Å². The fourth-order valence-electron chi connectivity index (χ4n) is 1.46. The topological polar surface area (TPSA) is 73.1 Å². The second-order valence-corrected chi connectivity index (χ2v) is 3.57. The Kier molecular flexibility index (Phi) is 3.22. The van der Waals surface area contributed by atoms with Gasteiger partial charge in [0, 0.05) is 0 Å². The Labute approximate surface area is 99.1 Å². The minimum Gasteiger partial charge on any atom is -0.481 e. The van der Waals surface area contributed by atoms with Gasteiger partial charge in [-0.05, 0) is 13.8 Å². The molecule has 6 nitrogen and oxygen atoms in total. The fourth-order valence-corrected chi connectivity index (χ4v) is 1.46. The van der Waals surface area contributed by atoms with Crippen LogP contribution in [0.3, 0.4) is 0 Å². The smallest absolute Gasteiger partial charge is 0.221 e. The highest BCUT2D eigenvalue weighted by Crippen LogP contribution is 2.20. The molecule has 0 saturated heterocycles. The lowest BCUT2D eigenvalue weighted by Gasteiger charge is -2.08. The summed E-state index contributed by atoms with van der Waals surface area (Å²) in [6.07, 6.45) is 3.14. The zero-order valence-corrected chi connectivity index (χ0v) is 10.0. The molecule has 0 bridgehead atoms. The lowest BCUT2D eigenvalue weighted by atomic mass is 10.3. The highest BCUT2D eigenvalue weighted by Gasteiger charge is 2.08. The molecule has 0 atom stereocenters. The second kappa shape index (κ2) is 4.82. The molecule has 0 saturated carbocycles. The number of rotatable bonds is 4. The molecule has 0 amide bonds. The molecule has 2 rings (SSSR count). The van der Waals surface area contributed by atoms with Gasteiger partial charge in [0.05, 0.1) is 25.4 Å². The van der Waals surface area contributed by atoms with Gasteiger partial charge in [0.25, 0.3) is 0 Å². The molecule has 0 aromatic carbocycles. The predicted molar refractivity (Wildman–Crippen MR) is 61.9 cm³/mol. The van der Waals surface area contributed by atoms with Crippen molar-refractivity contribution < 1.29 is 9.15 Å². The van der Waals surface area contributed by atoms with Crippen LogP contribution in [0, 0.1) is 13.8 Å². The van der Waals surface area contributed by atoms with Crippen molar-refractivity contribution in [2.45, 2.75) is 20.4 Å². The van der Waals surface area contributed by atoms with E-state index in [4.69, 9.17) is 9.15 Å². The number of hydrogen-bond donors (Lipinski definition) is 1. The van der Waals surface area contributed by atoms with Gasteiger partial charge in [0.2, 0.25) is 11.8 Å². The molecule has 0 unspecified atom stereocenters. The second-order valence-electron chi connectivity index (χ2n) is 3.57. The molecule has 2 heterocycles. The summed E-state index contributed by atoms with van der Waals surface area (Å²) in [4.78, 5) is 12.2. The lowest BCUT2D eigenvalue weighted by molar-refractivity contribution is 0.393. The Morgan fingerprint density at radius 3 is 2.76 bits per heavy atom. The molecule has 0 fully saturated rings. The molecule has 1 N–H and O–H groups in total. The van der Waals surface area contributed by atoms with Crippen molar-refractivity contribution in [1.29, 1.82) is 0 Å². The molecular weight excluding hydrogens is 220 g/mol. The van der Waals surface area contributed by atoms with Crippen LogP contribution in [0.5, 0.6) is 5.88 Å². The Balaban J connectivity index is 2.09. The lowest BCUT2D eigenvalue weighted by Crippen LogP contribution is -2.05. The van der Waals surface area contributed by atoms with E-state index >= 15 is 0 Å². The van der Waals surface area contributed by atoms with Crippen molar-refractivity contribution >= 4 is 5.82 Å². The first-order valence-corrected chi connectivity index (χ1v) is 5.21. The van der Waals surface area contributed by atoms with Gasteiger partial charge < -0.3 is 14.5 Å². The molecular formula is C11H14N4O2. The molecule has 2 aromatic heterocycles. The number of hydrogen-bond acceptors (Lipinski definition) is 6. The van der Waals surface area contributed by atoms with E-state index in [1.54, 1.807) is 13.3 Å². The average Bonchev–Trinajstić information content (AvgIpc) is 2.74. The summed E-state index contributed by atoms with van der Waals surface area (Å²) in [5, 5.41) is 3.13. The molecule has 0 spiro atoms. The van der Waals surface area contributed by atoms with E-state index in [0.29, 0.717) is 24.1 Å². The minimum absolute atomic E-state index is 0.481. The zero-order valence-electron chi connectivity index (χ0n) is 10.0. The molecule has 90 valence electrons. The Morgan fingerprint density at radius 2 is 2.12 bits per heavy atom. The van der Waals surface area contributed by atoms with Gasteiger partial charge in [0.15, 0.2) is 0 Å². The van der Waals surface area contributed by atoms with Gasteiger partial charge in [-0.25, -0.2) is 15.0 Å². The molecule has 0 aliphatic rings. The number of anilines is 1. The number of oxazole rings is 1. The van der Waals surface area contributed by atoms with E-state index < -0.39 is 0 Å². The van der Waals surface area contributed by atoms with Crippen LogP contribution in [-0.2, 0) is 6.54 Å². The number of methoxy groups -OCH3 is 1. The molecule has 0 radical (unpaired) electrons. The fraction of sp³-hybridized carbons (Fsp3) is 0.364. The van der Waals surface area contributed by atoms with Gasteiger partial charge in [-0.2, -0.15) is 0 Å². The van der Waals surface area contributed by atoms with E-state index in [2.05, 4.69) is 20.3 Å². The van der Waals surface area contributed by atoms with E-state index in [1.807, 2.05) is 13.8 Å². The van der Waals surface area contributed by atoms with Gasteiger partial charge in [0.1, 0.15) is 17.9 Å². The van der Waals surface area contributed by atoms with Crippen molar-refractivity contribution in [3.8, 4) is 5.88 Å². The summed E-state index contributed by atoms with van der Waals surface area (Å²) in [6, 6.07) is 0. The Morgan fingerprint density at radius 1 is 1.29 bits per heavy atom. The van der Waals surface area contributed by atoms with Crippen LogP contribution in [0.15, 0.2) is 16.9 Å². The first-order chi connectivity index (χ1) is 8.20. The SMILES string of the molecule is COc1ncnc(NCc2ncc(C)o2)c1C. The van der Waals surface area contributed by atoms with E-state index in [0.717, 1.165) is 11.3 Å². The van der Waals surface area contributed by atoms with Crippen LogP contribution in [0.2, 0.25) is 0 Å². The standard InChI is InChI=1S/C11H14N4O2/c1-7-4-12-9(17-7)5-13-10-8(2)11(16-3)15-6-14-10/h4,6H,5H2,1-3H3,(H,13,14,15). The largest absolute Gasteiger partial charge is 0.481 e. The molecule has 0 aliphatic carbocycles. The number of aryl methyl sites for hydroxylation is 1. The third kappa shape index (κ3) is 2.52. The number of nitrogens with one attached hydrogen (secondary N) is 1. The van der Waals surface area contributed by atoms with Crippen molar-refractivity contribution in [1.82, 2.24) is 15.0 Å². The zero-order chi connectivity index (χ0) is 12.3. The van der Waals surface area contributed by atoms with Crippen LogP contribution >= 0.6 is 0 Å². The first-order valence-electron chi connectivity index (χ1n) is 5.21. The van der Waals surface area contributed by atoms with Crippen LogP contribution in [-0.4, -0.2) is 22.1 Å². The van der Waals surface area contributed by atoms with Gasteiger partial charge in [-0.15, -0.1) is 0 Å². The summed E-state index contributed by atoms with van der Waals surface area (Å²) >= 11 is 0. The summed E-state index contributed by atoms with van der Waals surface area (Å²) in [6.45, 7) is 4.23. The van der Waals surface area contributed by atoms with Crippen molar-refractivity contribution in [3.63, 3.8) is 0 Å². The highest BCUT2D eigenvalue weighted by atomic mass is 16.5. The molecule has 2 aromatic rings. The number of aromatic nitrogens is 3. The van der Waals surface area contributed by atoms with Gasteiger partial charge in [-0.3, -0.25) is 0 Å². The first kappa shape index (κ1) is 11.4. The predicted octanol–water partition coefficient (Wildman–Crippen LogP) is 1.70. The normalized spacial score (nSPS) is 10.3. The number of ether oxygens (including phenoxy) is 1. The monoisotopic (exact) mass is 234 g/mol. The summed E-state index contributed by atoms with van der Waals surface area (Å²) in [7, 11) is 1.58. The maximum atomic E-state index is 5.35. The highest BCUT2D eigenvalue weighted by molar-refractivity contribution is 5.47. The maximum absolute atomic E-state index is 5.35. The van der Waals surface area contributed by atoms with Gasteiger partial charge in [-0.1, -0.05) is 0 Å². The quantitative estimate of drug-likeness (QED) is 0.868. The summed E-state index contributed by atoms with van der Waals surface area (Å²) in [5.74, 6) is 2.69. The molecule has 17 heavy (non-hydrogen) atoms.